The minimum Gasteiger partial charge on any atom is -0.507 e. The Labute approximate surface area is 214 Å². The molecule has 1 saturated heterocycles. The van der Waals surface area contributed by atoms with E-state index in [1.807, 2.05) is 24.3 Å². The second-order valence-corrected chi connectivity index (χ2v) is 11.0. The molecule has 0 aromatic heterocycles. The third-order valence-corrected chi connectivity index (χ3v) is 8.96. The lowest BCUT2D eigenvalue weighted by atomic mass is 9.98. The monoisotopic (exact) mass is 528 g/mol. The first-order chi connectivity index (χ1) is 17.8. The van der Waals surface area contributed by atoms with E-state index in [1.54, 1.807) is 12.1 Å². The fourth-order valence-electron chi connectivity index (χ4n) is 4.33. The van der Waals surface area contributed by atoms with E-state index in [4.69, 9.17) is 14.7 Å². The number of nitrogens with one attached hydrogen (secondary N) is 2. The van der Waals surface area contributed by atoms with Gasteiger partial charge in [-0.05, 0) is 66.4 Å². The predicted octanol–water partition coefficient (Wildman–Crippen LogP) is 2.57. The number of fused-ring (bicyclic) bond motifs is 1. The molecular formula is C26H28N2O8S. The average Bonchev–Trinajstić information content (AvgIpc) is 2.92. The number of hydrogen-bond acceptors (Lipinski definition) is 8. The molecule has 0 atom stereocenters. The van der Waals surface area contributed by atoms with Crippen molar-refractivity contribution >= 4 is 32.4 Å². The first-order valence-corrected chi connectivity index (χ1v) is 13.3. The zero-order valence-corrected chi connectivity index (χ0v) is 20.8. The topological polar surface area (TPSA) is 151 Å². The molecule has 37 heavy (non-hydrogen) atoms. The number of phenols is 1. The molecule has 11 heteroatoms. The molecule has 2 amide bonds. The van der Waals surface area contributed by atoms with Crippen LogP contribution in [-0.4, -0.2) is 61.7 Å². The number of carbonyl (C=O) groups is 2. The summed E-state index contributed by atoms with van der Waals surface area (Å²) in [6.07, 6.45) is 0.339. The molecule has 0 aliphatic carbocycles. The number of hydrogen-bond donors (Lipinski definition) is 4. The first-order valence-electron chi connectivity index (χ1n) is 11.8. The van der Waals surface area contributed by atoms with Gasteiger partial charge in [-0.2, -0.15) is 0 Å². The molecule has 3 aromatic rings. The lowest BCUT2D eigenvalue weighted by Crippen LogP contribution is -2.54. The highest BCUT2D eigenvalue weighted by Gasteiger charge is 2.52. The van der Waals surface area contributed by atoms with Crippen molar-refractivity contribution < 1.29 is 37.8 Å². The maximum atomic E-state index is 13.3. The van der Waals surface area contributed by atoms with E-state index in [0.29, 0.717) is 18.7 Å². The Balaban J connectivity index is 1.31. The first kappa shape index (κ1) is 26.4. The van der Waals surface area contributed by atoms with Crippen LogP contribution in [0.15, 0.2) is 65.6 Å². The van der Waals surface area contributed by atoms with Crippen molar-refractivity contribution in [3.63, 3.8) is 0 Å². The van der Waals surface area contributed by atoms with Gasteiger partial charge in [0.05, 0.1) is 17.1 Å². The molecule has 0 saturated carbocycles. The zero-order chi connectivity index (χ0) is 26.5. The van der Waals surface area contributed by atoms with Gasteiger partial charge in [0.1, 0.15) is 11.5 Å². The molecule has 10 nitrogen and oxygen atoms in total. The van der Waals surface area contributed by atoms with E-state index in [0.717, 1.165) is 10.8 Å². The number of ether oxygens (including phenoxy) is 2. The Hall–Kier alpha value is -3.67. The number of aromatic hydroxyl groups is 1. The van der Waals surface area contributed by atoms with Crippen LogP contribution in [0.3, 0.4) is 0 Å². The second-order valence-electron chi connectivity index (χ2n) is 8.70. The third-order valence-electron chi connectivity index (χ3n) is 6.45. The fourth-order valence-corrected chi connectivity index (χ4v) is 6.27. The van der Waals surface area contributed by atoms with Crippen LogP contribution in [-0.2, 0) is 19.4 Å². The summed E-state index contributed by atoms with van der Waals surface area (Å²) in [5.74, 6) is -1.05. The summed E-state index contributed by atoms with van der Waals surface area (Å²) in [5.41, 5.74) is 1.68. The molecule has 1 fully saturated rings. The molecule has 196 valence electrons. The molecule has 4 rings (SSSR count). The van der Waals surface area contributed by atoms with Gasteiger partial charge in [-0.15, -0.1) is 0 Å². The molecule has 0 bridgehead atoms. The van der Waals surface area contributed by atoms with Crippen LogP contribution in [0, 0.1) is 0 Å². The summed E-state index contributed by atoms with van der Waals surface area (Å²) in [6.45, 7) is 0.735. The van der Waals surface area contributed by atoms with E-state index >= 15 is 0 Å². The Kier molecular flexibility index (Phi) is 7.96. The van der Waals surface area contributed by atoms with E-state index in [9.17, 15) is 23.1 Å². The number of hydroxylamine groups is 1. The van der Waals surface area contributed by atoms with Gasteiger partial charge < -0.3 is 19.9 Å². The second kappa shape index (κ2) is 11.2. The van der Waals surface area contributed by atoms with Crippen molar-refractivity contribution in [2.75, 3.05) is 26.4 Å². The highest BCUT2D eigenvalue weighted by atomic mass is 32.2. The fraction of sp³-hybridized carbons (Fsp3) is 0.308. The van der Waals surface area contributed by atoms with E-state index in [1.165, 1.54) is 29.7 Å². The summed E-state index contributed by atoms with van der Waals surface area (Å²) in [4.78, 5) is 24.7. The molecule has 0 unspecified atom stereocenters. The minimum atomic E-state index is -4.11. The molecule has 4 N–H and O–H groups in total. The molecular weight excluding hydrogens is 500 g/mol. The van der Waals surface area contributed by atoms with Crippen LogP contribution in [0.4, 0.5) is 0 Å². The summed E-state index contributed by atoms with van der Waals surface area (Å²) < 4.78 is 35.6. The largest absolute Gasteiger partial charge is 0.507 e. The predicted molar refractivity (Wildman–Crippen MR) is 134 cm³/mol. The van der Waals surface area contributed by atoms with Crippen molar-refractivity contribution in [2.45, 2.75) is 28.9 Å². The van der Waals surface area contributed by atoms with Crippen molar-refractivity contribution in [3.05, 3.63) is 66.2 Å². The maximum absolute atomic E-state index is 13.3. The molecule has 3 aromatic carbocycles. The minimum absolute atomic E-state index is 0.0622. The average molecular weight is 529 g/mol. The van der Waals surface area contributed by atoms with Crippen molar-refractivity contribution in [3.8, 4) is 11.5 Å². The summed E-state index contributed by atoms with van der Waals surface area (Å²) in [5, 5.41) is 23.8. The molecule has 1 aliphatic rings. The van der Waals surface area contributed by atoms with Gasteiger partial charge in [0.2, 0.25) is 0 Å². The van der Waals surface area contributed by atoms with E-state index in [-0.39, 0.29) is 48.9 Å². The number of carbonyl (C=O) groups excluding carboxylic acids is 2. The van der Waals surface area contributed by atoms with Gasteiger partial charge >= 0.3 is 0 Å². The molecule has 1 heterocycles. The summed E-state index contributed by atoms with van der Waals surface area (Å²) in [7, 11) is -4.11. The van der Waals surface area contributed by atoms with Gasteiger partial charge in [0, 0.05) is 19.8 Å². The van der Waals surface area contributed by atoms with Crippen LogP contribution >= 0.6 is 0 Å². The third kappa shape index (κ3) is 5.38. The summed E-state index contributed by atoms with van der Waals surface area (Å²) in [6, 6.07) is 16.3. The van der Waals surface area contributed by atoms with Crippen molar-refractivity contribution in [1.82, 2.24) is 10.8 Å². The number of phenolic OH excluding ortho intramolecular Hbond substituents is 1. The van der Waals surface area contributed by atoms with Crippen LogP contribution in [0.25, 0.3) is 10.8 Å². The normalized spacial score (nSPS) is 15.2. The Morgan fingerprint density at radius 2 is 1.65 bits per heavy atom. The quantitative estimate of drug-likeness (QED) is 0.188. The van der Waals surface area contributed by atoms with Crippen molar-refractivity contribution in [2.24, 2.45) is 0 Å². The van der Waals surface area contributed by atoms with Crippen LogP contribution in [0.5, 0.6) is 11.5 Å². The van der Waals surface area contributed by atoms with Crippen LogP contribution in [0.2, 0.25) is 0 Å². The smallest absolute Gasteiger partial charge is 0.265 e. The molecule has 0 spiro atoms. The highest BCUT2D eigenvalue weighted by Crippen LogP contribution is 2.35. The van der Waals surface area contributed by atoms with Gasteiger partial charge in [-0.3, -0.25) is 14.8 Å². The standard InChI is InChI=1S/C26H28N2O8S/c29-23-17-19-5-2-1-4-18(19)16-22(23)24(30)27-12-3-13-36-20-6-8-21(9-7-20)37(33,34)26(25(31)28-32)10-14-35-15-11-26/h1-2,4-9,16-17,29,32H,3,10-15H2,(H,27,30)(H,28,31). The zero-order valence-electron chi connectivity index (χ0n) is 20.0. The SMILES string of the molecule is O=C(NCCCOc1ccc(S(=O)(=O)C2(C(=O)NO)CCOCC2)cc1)c1cc2ccccc2cc1O. The van der Waals surface area contributed by atoms with Gasteiger partial charge in [-0.25, -0.2) is 13.9 Å². The van der Waals surface area contributed by atoms with Crippen LogP contribution in [0.1, 0.15) is 29.6 Å². The highest BCUT2D eigenvalue weighted by molar-refractivity contribution is 7.93. The van der Waals surface area contributed by atoms with Crippen molar-refractivity contribution in [1.29, 1.82) is 0 Å². The van der Waals surface area contributed by atoms with E-state index in [2.05, 4.69) is 5.32 Å². The van der Waals surface area contributed by atoms with Gasteiger partial charge in [0.15, 0.2) is 14.6 Å². The number of sulfone groups is 1. The lowest BCUT2D eigenvalue weighted by molar-refractivity contribution is -0.134. The number of benzene rings is 3. The van der Waals surface area contributed by atoms with E-state index < -0.39 is 26.4 Å². The maximum Gasteiger partial charge on any atom is 0.265 e. The Morgan fingerprint density at radius 3 is 2.30 bits per heavy atom. The van der Waals surface area contributed by atoms with Gasteiger partial charge in [0.25, 0.3) is 11.8 Å². The number of amides is 2. The van der Waals surface area contributed by atoms with Gasteiger partial charge in [-0.1, -0.05) is 24.3 Å². The Morgan fingerprint density at radius 1 is 1.00 bits per heavy atom. The Bertz CT molecular complexity index is 1380. The number of rotatable bonds is 9. The summed E-state index contributed by atoms with van der Waals surface area (Å²) >= 11 is 0. The lowest BCUT2D eigenvalue weighted by Gasteiger charge is -2.34. The van der Waals surface area contributed by atoms with Crippen LogP contribution < -0.4 is 15.5 Å². The molecule has 0 radical (unpaired) electrons. The molecule has 1 aliphatic heterocycles.